The van der Waals surface area contributed by atoms with Crippen molar-refractivity contribution in [1.29, 1.82) is 0 Å². The second-order valence-corrected chi connectivity index (χ2v) is 7.78. The number of nitrogens with one attached hydrogen (secondary N) is 1. The van der Waals surface area contributed by atoms with Crippen molar-refractivity contribution in [2.24, 2.45) is 0 Å². The number of aromatic nitrogens is 1. The number of rotatable bonds is 4. The summed E-state index contributed by atoms with van der Waals surface area (Å²) in [5, 5.41) is 6.76. The maximum Gasteiger partial charge on any atom is 0.273 e. The van der Waals surface area contributed by atoms with Crippen molar-refractivity contribution < 1.29 is 18.1 Å². The topological polar surface area (TPSA) is 58.4 Å². The van der Waals surface area contributed by atoms with Crippen molar-refractivity contribution in [1.82, 2.24) is 15.4 Å². The lowest BCUT2D eigenvalue weighted by Gasteiger charge is -2.39. The van der Waals surface area contributed by atoms with Crippen molar-refractivity contribution in [3.63, 3.8) is 0 Å². The SMILES string of the molecule is O=C(NC1CCN(C2CCCCC2)CC1)c1cc(-c2ccc(F)cc2F)on1. The Morgan fingerprint density at radius 3 is 2.54 bits per heavy atom. The zero-order valence-electron chi connectivity index (χ0n) is 15.8. The van der Waals surface area contributed by atoms with Crippen LogP contribution in [0.3, 0.4) is 0 Å². The first-order valence-electron chi connectivity index (χ1n) is 10.1. The largest absolute Gasteiger partial charge is 0.355 e. The van der Waals surface area contributed by atoms with Gasteiger partial charge in [-0.2, -0.15) is 0 Å². The van der Waals surface area contributed by atoms with Gasteiger partial charge in [-0.15, -0.1) is 0 Å². The van der Waals surface area contributed by atoms with Crippen LogP contribution in [-0.2, 0) is 0 Å². The molecule has 0 bridgehead atoms. The van der Waals surface area contributed by atoms with Gasteiger partial charge in [0.25, 0.3) is 5.91 Å². The van der Waals surface area contributed by atoms with Crippen LogP contribution in [0, 0.1) is 11.6 Å². The third-order valence-electron chi connectivity index (χ3n) is 5.90. The lowest BCUT2D eigenvalue weighted by atomic mass is 9.92. The first-order chi connectivity index (χ1) is 13.6. The summed E-state index contributed by atoms with van der Waals surface area (Å²) in [6, 6.07) is 5.39. The van der Waals surface area contributed by atoms with Crippen LogP contribution in [0.5, 0.6) is 0 Å². The van der Waals surface area contributed by atoms with Gasteiger partial charge in [0.15, 0.2) is 11.5 Å². The van der Waals surface area contributed by atoms with Gasteiger partial charge < -0.3 is 14.7 Å². The second kappa shape index (κ2) is 8.39. The number of benzene rings is 1. The van der Waals surface area contributed by atoms with Crippen LogP contribution in [-0.4, -0.2) is 41.1 Å². The molecule has 2 fully saturated rings. The predicted molar refractivity (Wildman–Crippen MR) is 101 cm³/mol. The summed E-state index contributed by atoms with van der Waals surface area (Å²) in [6.07, 6.45) is 8.41. The van der Waals surface area contributed by atoms with E-state index in [-0.39, 0.29) is 29.0 Å². The van der Waals surface area contributed by atoms with Crippen molar-refractivity contribution >= 4 is 5.91 Å². The molecule has 2 heterocycles. The Balaban J connectivity index is 1.33. The van der Waals surface area contributed by atoms with E-state index in [1.54, 1.807) is 0 Å². The number of hydrogen-bond acceptors (Lipinski definition) is 4. The minimum absolute atomic E-state index is 0.0775. The summed E-state index contributed by atoms with van der Waals surface area (Å²) < 4.78 is 32.0. The molecule has 2 aromatic rings. The second-order valence-electron chi connectivity index (χ2n) is 7.78. The van der Waals surface area contributed by atoms with Crippen molar-refractivity contribution in [2.75, 3.05) is 13.1 Å². The molecule has 0 unspecified atom stereocenters. The van der Waals surface area contributed by atoms with E-state index in [1.807, 2.05) is 0 Å². The molecule has 4 rings (SSSR count). The molecular weight excluding hydrogens is 364 g/mol. The van der Waals surface area contributed by atoms with Crippen LogP contribution >= 0.6 is 0 Å². The first-order valence-corrected chi connectivity index (χ1v) is 10.1. The molecule has 1 N–H and O–H groups in total. The molecule has 1 aromatic heterocycles. The zero-order chi connectivity index (χ0) is 19.5. The van der Waals surface area contributed by atoms with E-state index >= 15 is 0 Å². The van der Waals surface area contributed by atoms with Gasteiger partial charge in [0.1, 0.15) is 11.6 Å². The molecule has 1 aliphatic heterocycles. The van der Waals surface area contributed by atoms with Gasteiger partial charge in [-0.05, 0) is 37.8 Å². The molecule has 2 aliphatic rings. The van der Waals surface area contributed by atoms with Crippen LogP contribution in [0.1, 0.15) is 55.4 Å². The Morgan fingerprint density at radius 1 is 1.07 bits per heavy atom. The molecular formula is C21H25F2N3O2. The van der Waals surface area contributed by atoms with Gasteiger partial charge in [0.05, 0.1) is 5.56 Å². The number of halogens is 2. The van der Waals surface area contributed by atoms with Gasteiger partial charge in [0.2, 0.25) is 0 Å². The standard InChI is InChI=1S/C21H25F2N3O2/c22-14-6-7-17(18(23)12-14)20-13-19(25-28-20)21(27)24-15-8-10-26(11-9-15)16-4-2-1-3-5-16/h6-7,12-13,15-16H,1-5,8-11H2,(H,24,27). The molecule has 0 radical (unpaired) electrons. The van der Waals surface area contributed by atoms with Crippen LogP contribution in [0.15, 0.2) is 28.8 Å². The van der Waals surface area contributed by atoms with Crippen molar-refractivity contribution in [3.05, 3.63) is 41.6 Å². The highest BCUT2D eigenvalue weighted by molar-refractivity contribution is 5.93. The third kappa shape index (κ3) is 4.24. The van der Waals surface area contributed by atoms with Crippen LogP contribution < -0.4 is 5.32 Å². The molecule has 7 heteroatoms. The van der Waals surface area contributed by atoms with E-state index in [4.69, 9.17) is 4.52 Å². The number of amides is 1. The van der Waals surface area contributed by atoms with E-state index in [0.717, 1.165) is 38.1 Å². The average molecular weight is 389 g/mol. The number of hydrogen-bond donors (Lipinski definition) is 1. The van der Waals surface area contributed by atoms with Gasteiger partial charge in [-0.3, -0.25) is 4.79 Å². The molecule has 150 valence electrons. The highest BCUT2D eigenvalue weighted by Gasteiger charge is 2.27. The van der Waals surface area contributed by atoms with E-state index in [1.165, 1.54) is 44.2 Å². The Labute approximate surface area is 163 Å². The predicted octanol–water partition coefficient (Wildman–Crippen LogP) is 4.15. The molecule has 1 amide bonds. The lowest BCUT2D eigenvalue weighted by molar-refractivity contribution is 0.0857. The summed E-state index contributed by atoms with van der Waals surface area (Å²) in [5.41, 5.74) is 0.183. The van der Waals surface area contributed by atoms with Crippen LogP contribution in [0.4, 0.5) is 8.78 Å². The number of carbonyl (C=O) groups is 1. The number of piperidine rings is 1. The lowest BCUT2D eigenvalue weighted by Crippen LogP contribution is -2.48. The monoisotopic (exact) mass is 389 g/mol. The van der Waals surface area contributed by atoms with Crippen molar-refractivity contribution in [3.8, 4) is 11.3 Å². The quantitative estimate of drug-likeness (QED) is 0.854. The summed E-state index contributed by atoms with van der Waals surface area (Å²) in [7, 11) is 0. The third-order valence-corrected chi connectivity index (χ3v) is 5.90. The average Bonchev–Trinajstić information content (AvgIpc) is 3.19. The fraction of sp³-hybridized carbons (Fsp3) is 0.524. The van der Waals surface area contributed by atoms with E-state index < -0.39 is 11.6 Å². The van der Waals surface area contributed by atoms with Gasteiger partial charge in [-0.1, -0.05) is 24.4 Å². The zero-order valence-corrected chi connectivity index (χ0v) is 15.8. The summed E-state index contributed by atoms with van der Waals surface area (Å²) in [4.78, 5) is 15.0. The maximum absolute atomic E-state index is 13.9. The highest BCUT2D eigenvalue weighted by atomic mass is 19.1. The summed E-state index contributed by atoms with van der Waals surface area (Å²) in [5.74, 6) is -1.64. The Bertz CT molecular complexity index is 825. The fourth-order valence-corrected chi connectivity index (χ4v) is 4.31. The van der Waals surface area contributed by atoms with Gasteiger partial charge >= 0.3 is 0 Å². The number of likely N-dealkylation sites (tertiary alicyclic amines) is 1. The van der Waals surface area contributed by atoms with E-state index in [2.05, 4.69) is 15.4 Å². The smallest absolute Gasteiger partial charge is 0.273 e. The molecule has 1 saturated heterocycles. The molecule has 1 saturated carbocycles. The first kappa shape index (κ1) is 19.1. The molecule has 1 aliphatic carbocycles. The van der Waals surface area contributed by atoms with Crippen molar-refractivity contribution in [2.45, 2.75) is 57.0 Å². The minimum Gasteiger partial charge on any atom is -0.355 e. The Morgan fingerprint density at radius 2 is 1.82 bits per heavy atom. The molecule has 5 nitrogen and oxygen atoms in total. The van der Waals surface area contributed by atoms with E-state index in [9.17, 15) is 13.6 Å². The maximum atomic E-state index is 13.9. The normalized spacial score (nSPS) is 19.6. The van der Waals surface area contributed by atoms with Gasteiger partial charge in [-0.25, -0.2) is 8.78 Å². The van der Waals surface area contributed by atoms with E-state index in [0.29, 0.717) is 6.04 Å². The molecule has 1 aromatic carbocycles. The fourth-order valence-electron chi connectivity index (χ4n) is 4.31. The number of nitrogens with zero attached hydrogens (tertiary/aromatic N) is 2. The summed E-state index contributed by atoms with van der Waals surface area (Å²) in [6.45, 7) is 2.00. The van der Waals surface area contributed by atoms with Crippen LogP contribution in [0.25, 0.3) is 11.3 Å². The Hall–Kier alpha value is -2.28. The number of carbonyl (C=O) groups excluding carboxylic acids is 1. The highest BCUT2D eigenvalue weighted by Crippen LogP contribution is 2.26. The summed E-state index contributed by atoms with van der Waals surface area (Å²) >= 11 is 0. The Kier molecular flexibility index (Phi) is 5.71. The molecule has 0 atom stereocenters. The van der Waals surface area contributed by atoms with Gasteiger partial charge in [0, 0.05) is 37.3 Å². The van der Waals surface area contributed by atoms with Crippen LogP contribution in [0.2, 0.25) is 0 Å². The molecule has 0 spiro atoms. The molecule has 28 heavy (non-hydrogen) atoms. The minimum atomic E-state index is -0.752.